The molecule has 0 aliphatic heterocycles. The molecule has 0 saturated carbocycles. The van der Waals surface area contributed by atoms with E-state index < -0.39 is 0 Å². The molecule has 0 amide bonds. The van der Waals surface area contributed by atoms with Crippen molar-refractivity contribution in [1.82, 2.24) is 15.6 Å². The molecule has 2 rings (SSSR count). The Morgan fingerprint density at radius 3 is 2.38 bits per heavy atom. The lowest BCUT2D eigenvalue weighted by Crippen LogP contribution is -2.36. The number of ether oxygens (including phenoxy) is 1. The Kier molecular flexibility index (Phi) is 8.82. The largest absolute Gasteiger partial charge is 0.488 e. The number of halogens is 1. The van der Waals surface area contributed by atoms with Crippen molar-refractivity contribution in [2.24, 2.45) is 4.99 Å². The van der Waals surface area contributed by atoms with E-state index in [1.165, 1.54) is 4.88 Å². The Balaban J connectivity index is 0.00000338. The fourth-order valence-electron chi connectivity index (χ4n) is 2.38. The summed E-state index contributed by atoms with van der Waals surface area (Å²) in [6, 6.07) is 8.08. The van der Waals surface area contributed by atoms with Gasteiger partial charge in [-0.1, -0.05) is 18.2 Å². The molecule has 0 aliphatic rings. The molecule has 0 aliphatic carbocycles. The summed E-state index contributed by atoms with van der Waals surface area (Å²) >= 11 is 1.71. The van der Waals surface area contributed by atoms with Crippen molar-refractivity contribution in [3.8, 4) is 5.75 Å². The van der Waals surface area contributed by atoms with Gasteiger partial charge in [-0.05, 0) is 40.7 Å². The molecule has 2 aromatic rings. The van der Waals surface area contributed by atoms with Gasteiger partial charge in [0.1, 0.15) is 11.4 Å². The van der Waals surface area contributed by atoms with Crippen molar-refractivity contribution in [1.29, 1.82) is 0 Å². The molecule has 1 heterocycles. The Morgan fingerprint density at radius 2 is 1.81 bits per heavy atom. The van der Waals surface area contributed by atoms with E-state index in [4.69, 9.17) is 4.74 Å². The van der Waals surface area contributed by atoms with E-state index in [0.717, 1.165) is 34.5 Å². The summed E-state index contributed by atoms with van der Waals surface area (Å²) in [5.74, 6) is 1.66. The van der Waals surface area contributed by atoms with Crippen LogP contribution in [-0.2, 0) is 13.1 Å². The maximum Gasteiger partial charge on any atom is 0.191 e. The molecule has 144 valence electrons. The molecule has 0 unspecified atom stereocenters. The third kappa shape index (κ3) is 7.11. The second-order valence-electron chi connectivity index (χ2n) is 6.84. The highest BCUT2D eigenvalue weighted by molar-refractivity contribution is 14.0. The first-order valence-electron chi connectivity index (χ1n) is 8.43. The summed E-state index contributed by atoms with van der Waals surface area (Å²) in [5.41, 5.74) is 1.96. The van der Waals surface area contributed by atoms with Crippen molar-refractivity contribution in [3.05, 3.63) is 45.4 Å². The van der Waals surface area contributed by atoms with Crippen LogP contribution in [0.4, 0.5) is 0 Å². The summed E-state index contributed by atoms with van der Waals surface area (Å²) in [5, 5.41) is 7.79. The highest BCUT2D eigenvalue weighted by Gasteiger charge is 2.14. The highest BCUT2D eigenvalue weighted by atomic mass is 127. The van der Waals surface area contributed by atoms with E-state index in [0.29, 0.717) is 6.54 Å². The molecule has 0 atom stereocenters. The zero-order valence-electron chi connectivity index (χ0n) is 16.3. The standard InChI is InChI=1S/C19H28N4OS.HI/c1-13-17(25-14(2)23-13)12-22-18(20-6)21-11-15-9-7-8-10-16(15)24-19(3,4)5;/h7-10H,11-12H2,1-6H3,(H2,20,21,22);1H. The zero-order valence-corrected chi connectivity index (χ0v) is 19.5. The van der Waals surface area contributed by atoms with Crippen LogP contribution in [0.2, 0.25) is 0 Å². The Morgan fingerprint density at radius 1 is 1.15 bits per heavy atom. The van der Waals surface area contributed by atoms with Crippen molar-refractivity contribution in [2.75, 3.05) is 7.05 Å². The summed E-state index contributed by atoms with van der Waals surface area (Å²) in [4.78, 5) is 9.99. The predicted molar refractivity (Wildman–Crippen MR) is 121 cm³/mol. The number of guanidine groups is 1. The van der Waals surface area contributed by atoms with E-state index in [1.807, 2.05) is 32.0 Å². The molecular formula is C19H29IN4OS. The number of nitrogens with one attached hydrogen (secondary N) is 2. The maximum absolute atomic E-state index is 6.04. The number of para-hydroxylation sites is 1. The van der Waals surface area contributed by atoms with Gasteiger partial charge in [0.15, 0.2) is 5.96 Å². The molecule has 2 N–H and O–H groups in total. The van der Waals surface area contributed by atoms with E-state index in [1.54, 1.807) is 18.4 Å². The van der Waals surface area contributed by atoms with Gasteiger partial charge in [0.25, 0.3) is 0 Å². The van der Waals surface area contributed by atoms with Gasteiger partial charge in [-0.3, -0.25) is 4.99 Å². The van der Waals surface area contributed by atoms with Crippen molar-refractivity contribution >= 4 is 41.3 Å². The SMILES string of the molecule is CN=C(NCc1ccccc1OC(C)(C)C)NCc1sc(C)nc1C.I. The number of hydrogen-bond acceptors (Lipinski definition) is 4. The van der Waals surface area contributed by atoms with Crippen LogP contribution < -0.4 is 15.4 Å². The molecule has 1 aromatic heterocycles. The van der Waals surface area contributed by atoms with Gasteiger partial charge >= 0.3 is 0 Å². The summed E-state index contributed by atoms with van der Waals surface area (Å²) in [6.45, 7) is 11.6. The van der Waals surface area contributed by atoms with Gasteiger partial charge in [0, 0.05) is 24.0 Å². The molecule has 26 heavy (non-hydrogen) atoms. The van der Waals surface area contributed by atoms with Crippen LogP contribution in [0.15, 0.2) is 29.3 Å². The second kappa shape index (κ2) is 10.1. The lowest BCUT2D eigenvalue weighted by Gasteiger charge is -2.23. The van der Waals surface area contributed by atoms with Gasteiger partial charge in [0.05, 0.1) is 17.2 Å². The average Bonchev–Trinajstić information content (AvgIpc) is 2.85. The number of nitrogens with zero attached hydrogens (tertiary/aromatic N) is 2. The van der Waals surface area contributed by atoms with Crippen LogP contribution in [0.3, 0.4) is 0 Å². The van der Waals surface area contributed by atoms with Gasteiger partial charge in [0.2, 0.25) is 0 Å². The summed E-state index contributed by atoms with van der Waals surface area (Å²) in [7, 11) is 1.78. The molecule has 5 nitrogen and oxygen atoms in total. The predicted octanol–water partition coefficient (Wildman–Crippen LogP) is 4.42. The molecule has 7 heteroatoms. The van der Waals surface area contributed by atoms with Gasteiger partial charge in [-0.2, -0.15) is 0 Å². The number of aliphatic imine (C=N–C) groups is 1. The first kappa shape index (κ1) is 22.7. The fraction of sp³-hybridized carbons (Fsp3) is 0.474. The van der Waals surface area contributed by atoms with Crippen LogP contribution >= 0.6 is 35.3 Å². The van der Waals surface area contributed by atoms with E-state index >= 15 is 0 Å². The third-order valence-corrected chi connectivity index (χ3v) is 4.55. The first-order valence-corrected chi connectivity index (χ1v) is 9.24. The van der Waals surface area contributed by atoms with Crippen molar-refractivity contribution in [2.45, 2.75) is 53.3 Å². The van der Waals surface area contributed by atoms with Crippen LogP contribution in [0.5, 0.6) is 5.75 Å². The number of rotatable bonds is 5. The molecule has 0 spiro atoms. The second-order valence-corrected chi connectivity index (χ2v) is 8.13. The Hall–Kier alpha value is -1.35. The highest BCUT2D eigenvalue weighted by Crippen LogP contribution is 2.22. The third-order valence-electron chi connectivity index (χ3n) is 3.47. The fourth-order valence-corrected chi connectivity index (χ4v) is 3.26. The summed E-state index contributed by atoms with van der Waals surface area (Å²) < 4.78 is 6.04. The van der Waals surface area contributed by atoms with Crippen molar-refractivity contribution < 1.29 is 4.74 Å². The van der Waals surface area contributed by atoms with Crippen molar-refractivity contribution in [3.63, 3.8) is 0 Å². The topological polar surface area (TPSA) is 58.5 Å². The van der Waals surface area contributed by atoms with E-state index in [-0.39, 0.29) is 29.6 Å². The van der Waals surface area contributed by atoms with Gasteiger partial charge in [-0.15, -0.1) is 35.3 Å². The lowest BCUT2D eigenvalue weighted by molar-refractivity contribution is 0.129. The normalized spacial score (nSPS) is 11.7. The first-order chi connectivity index (χ1) is 11.8. The monoisotopic (exact) mass is 488 g/mol. The molecular weight excluding hydrogens is 459 g/mol. The van der Waals surface area contributed by atoms with Crippen LogP contribution in [0.1, 0.15) is 41.9 Å². The van der Waals surface area contributed by atoms with Crippen LogP contribution in [0.25, 0.3) is 0 Å². The minimum atomic E-state index is -0.225. The lowest BCUT2D eigenvalue weighted by atomic mass is 10.1. The Labute approximate surface area is 177 Å². The molecule has 1 aromatic carbocycles. The minimum Gasteiger partial charge on any atom is -0.488 e. The van der Waals surface area contributed by atoms with Crippen LogP contribution in [-0.4, -0.2) is 23.6 Å². The summed E-state index contributed by atoms with van der Waals surface area (Å²) in [6.07, 6.45) is 0. The van der Waals surface area contributed by atoms with E-state index in [9.17, 15) is 0 Å². The smallest absolute Gasteiger partial charge is 0.191 e. The van der Waals surface area contributed by atoms with Crippen LogP contribution in [0, 0.1) is 13.8 Å². The molecule has 0 bridgehead atoms. The molecule has 0 radical (unpaired) electrons. The number of aryl methyl sites for hydroxylation is 2. The Bertz CT molecular complexity index is 737. The zero-order chi connectivity index (χ0) is 18.4. The van der Waals surface area contributed by atoms with E-state index in [2.05, 4.69) is 47.4 Å². The quantitative estimate of drug-likeness (QED) is 0.372. The van der Waals surface area contributed by atoms with Gasteiger partial charge in [-0.25, -0.2) is 4.98 Å². The number of aromatic nitrogens is 1. The average molecular weight is 488 g/mol. The number of benzene rings is 1. The maximum atomic E-state index is 6.04. The number of hydrogen-bond donors (Lipinski definition) is 2. The molecule has 0 saturated heterocycles. The minimum absolute atomic E-state index is 0. The number of thiazole rings is 1. The van der Waals surface area contributed by atoms with Gasteiger partial charge < -0.3 is 15.4 Å². The molecule has 0 fully saturated rings.